The van der Waals surface area contributed by atoms with Gasteiger partial charge in [-0.3, -0.25) is 0 Å². The van der Waals surface area contributed by atoms with E-state index < -0.39 is 0 Å². The van der Waals surface area contributed by atoms with Crippen molar-refractivity contribution >= 4 is 34.3 Å². The molecule has 1 heteroatoms. The number of rotatable bonds is 3. The molecule has 33 heavy (non-hydrogen) atoms. The fourth-order valence-corrected chi connectivity index (χ4v) is 7.04. The number of benzene rings is 3. The van der Waals surface area contributed by atoms with Gasteiger partial charge in [-0.05, 0) is 45.9 Å². The van der Waals surface area contributed by atoms with Crippen molar-refractivity contribution in [2.45, 2.75) is 114 Å². The van der Waals surface area contributed by atoms with Gasteiger partial charge in [0.2, 0.25) is 0 Å². The molecule has 174 valence electrons. The highest BCUT2D eigenvalue weighted by Crippen LogP contribution is 2.39. The van der Waals surface area contributed by atoms with Crippen molar-refractivity contribution in [3.63, 3.8) is 0 Å². The molecule has 0 atom stereocenters. The monoisotopic (exact) mass is 438 g/mol. The topological polar surface area (TPSA) is 0 Å². The first-order chi connectivity index (χ1) is 16.4. The molecule has 0 spiro atoms. The van der Waals surface area contributed by atoms with Gasteiger partial charge in [0, 0.05) is 0 Å². The van der Waals surface area contributed by atoms with Gasteiger partial charge in [0.15, 0.2) is 7.28 Å². The van der Waals surface area contributed by atoms with Crippen LogP contribution in [0.5, 0.6) is 0 Å². The molecule has 2 aliphatic carbocycles. The van der Waals surface area contributed by atoms with Crippen LogP contribution in [0.25, 0.3) is 21.5 Å². The standard InChI is InChI=1S/C32H43B/c1-2-6-10-18-25(17-9-5-1)31-27-21-13-15-23-29(27)32(30-24-16-14-22-28(30)31)33-26-19-11-7-3-4-8-12-20-26/h13-16,21-26,33H,1-12,17-20H2. The van der Waals surface area contributed by atoms with Gasteiger partial charge in [-0.15, -0.1) is 0 Å². The molecule has 0 heterocycles. The van der Waals surface area contributed by atoms with Gasteiger partial charge in [-0.1, -0.05) is 150 Å². The molecule has 0 bridgehead atoms. The SMILES string of the molecule is B(c1c2ccccc2c(C2CCCCCCCC2)c2ccccc12)C1CCCCCCCC1. The van der Waals surface area contributed by atoms with Crippen molar-refractivity contribution in [2.75, 3.05) is 0 Å². The van der Waals surface area contributed by atoms with Crippen molar-refractivity contribution in [3.05, 3.63) is 54.1 Å². The molecule has 3 aromatic carbocycles. The van der Waals surface area contributed by atoms with Gasteiger partial charge in [-0.2, -0.15) is 0 Å². The molecule has 0 aliphatic heterocycles. The molecule has 0 amide bonds. The van der Waals surface area contributed by atoms with E-state index in [1.165, 1.54) is 110 Å². The summed E-state index contributed by atoms with van der Waals surface area (Å²) in [6.45, 7) is 0. The van der Waals surface area contributed by atoms with E-state index in [1.807, 2.05) is 0 Å². The number of hydrogen-bond donors (Lipinski definition) is 0. The highest BCUT2D eigenvalue weighted by Gasteiger charge is 2.23. The second-order valence-corrected chi connectivity index (χ2v) is 11.1. The molecule has 0 saturated heterocycles. The third kappa shape index (κ3) is 5.50. The summed E-state index contributed by atoms with van der Waals surface area (Å²) in [4.78, 5) is 0. The molecule has 0 radical (unpaired) electrons. The van der Waals surface area contributed by atoms with Gasteiger partial charge in [0.05, 0.1) is 0 Å². The zero-order valence-electron chi connectivity index (χ0n) is 20.8. The van der Waals surface area contributed by atoms with Gasteiger partial charge < -0.3 is 0 Å². The van der Waals surface area contributed by atoms with E-state index in [0.717, 1.165) is 11.7 Å². The molecule has 3 aromatic rings. The van der Waals surface area contributed by atoms with Crippen molar-refractivity contribution in [2.24, 2.45) is 0 Å². The minimum atomic E-state index is 0.719. The van der Waals surface area contributed by atoms with Crippen molar-refractivity contribution in [1.29, 1.82) is 0 Å². The first kappa shape index (κ1) is 23.0. The smallest absolute Gasteiger partial charge is 0.0688 e. The van der Waals surface area contributed by atoms with Gasteiger partial charge in [0.1, 0.15) is 0 Å². The summed E-state index contributed by atoms with van der Waals surface area (Å²) in [6, 6.07) is 19.0. The molecule has 5 rings (SSSR count). The van der Waals surface area contributed by atoms with Gasteiger partial charge in [-0.25, -0.2) is 0 Å². The number of hydrogen-bond acceptors (Lipinski definition) is 0. The lowest BCUT2D eigenvalue weighted by atomic mass is 9.54. The maximum atomic E-state index is 2.45. The maximum absolute atomic E-state index is 2.45. The molecule has 0 N–H and O–H groups in total. The van der Waals surface area contributed by atoms with Crippen LogP contribution in [0.4, 0.5) is 0 Å². The van der Waals surface area contributed by atoms with Crippen LogP contribution in [-0.4, -0.2) is 7.28 Å². The third-order valence-corrected chi connectivity index (χ3v) is 8.82. The van der Waals surface area contributed by atoms with Crippen molar-refractivity contribution < 1.29 is 0 Å². The van der Waals surface area contributed by atoms with Crippen LogP contribution in [0.3, 0.4) is 0 Å². The van der Waals surface area contributed by atoms with Gasteiger partial charge in [0.25, 0.3) is 0 Å². The molecule has 2 saturated carbocycles. The summed E-state index contributed by atoms with van der Waals surface area (Å²) in [7, 11) is 1.27. The molecular weight excluding hydrogens is 395 g/mol. The molecule has 0 unspecified atom stereocenters. The summed E-state index contributed by atoms with van der Waals surface area (Å²) in [5, 5.41) is 6.26. The Morgan fingerprint density at radius 2 is 0.848 bits per heavy atom. The molecule has 2 aliphatic rings. The minimum Gasteiger partial charge on any atom is -0.0688 e. The van der Waals surface area contributed by atoms with Crippen molar-refractivity contribution in [1.82, 2.24) is 0 Å². The largest absolute Gasteiger partial charge is 0.162 e. The Morgan fingerprint density at radius 3 is 1.33 bits per heavy atom. The Hall–Kier alpha value is -1.76. The van der Waals surface area contributed by atoms with Crippen LogP contribution < -0.4 is 5.46 Å². The third-order valence-electron chi connectivity index (χ3n) is 8.82. The van der Waals surface area contributed by atoms with E-state index >= 15 is 0 Å². The van der Waals surface area contributed by atoms with Crippen LogP contribution >= 0.6 is 0 Å². The van der Waals surface area contributed by atoms with Crippen molar-refractivity contribution in [3.8, 4) is 0 Å². The highest BCUT2D eigenvalue weighted by atomic mass is 14.2. The molecule has 0 nitrogen and oxygen atoms in total. The summed E-state index contributed by atoms with van der Waals surface area (Å²) in [5.74, 6) is 1.57. The van der Waals surface area contributed by atoms with Crippen LogP contribution in [0.15, 0.2) is 48.5 Å². The Morgan fingerprint density at radius 1 is 0.455 bits per heavy atom. The van der Waals surface area contributed by atoms with Crippen LogP contribution in [0, 0.1) is 0 Å². The summed E-state index contributed by atoms with van der Waals surface area (Å²) in [6.07, 6.45) is 22.8. The van der Waals surface area contributed by atoms with E-state index in [2.05, 4.69) is 48.5 Å². The van der Waals surface area contributed by atoms with E-state index in [-0.39, 0.29) is 0 Å². The number of fused-ring (bicyclic) bond motifs is 2. The Kier molecular flexibility index (Phi) is 8.08. The minimum absolute atomic E-state index is 0.719. The van der Waals surface area contributed by atoms with Crippen LogP contribution in [-0.2, 0) is 0 Å². The van der Waals surface area contributed by atoms with E-state index in [4.69, 9.17) is 0 Å². The summed E-state index contributed by atoms with van der Waals surface area (Å²) in [5.41, 5.74) is 3.33. The fourth-order valence-electron chi connectivity index (χ4n) is 7.04. The second kappa shape index (κ2) is 11.6. The van der Waals surface area contributed by atoms with Crippen LogP contribution in [0.2, 0.25) is 5.82 Å². The lowest BCUT2D eigenvalue weighted by molar-refractivity contribution is 0.545. The quantitative estimate of drug-likeness (QED) is 0.282. The first-order valence-electron chi connectivity index (χ1n) is 14.3. The lowest BCUT2D eigenvalue weighted by Crippen LogP contribution is -2.23. The van der Waals surface area contributed by atoms with Crippen LogP contribution in [0.1, 0.15) is 114 Å². The lowest BCUT2D eigenvalue weighted by Gasteiger charge is -2.25. The zero-order valence-corrected chi connectivity index (χ0v) is 20.8. The zero-order chi connectivity index (χ0) is 22.3. The summed E-state index contributed by atoms with van der Waals surface area (Å²) < 4.78 is 0. The molecular formula is C32H43B. The van der Waals surface area contributed by atoms with E-state index in [1.54, 1.807) is 32.6 Å². The summed E-state index contributed by atoms with van der Waals surface area (Å²) >= 11 is 0. The predicted octanol–water partition coefficient (Wildman–Crippen LogP) is 9.20. The fraction of sp³-hybridized carbons (Fsp3) is 0.562. The Labute approximate surface area is 202 Å². The Bertz CT molecular complexity index is 958. The average Bonchev–Trinajstić information content (AvgIpc) is 3.07. The van der Waals surface area contributed by atoms with Gasteiger partial charge >= 0.3 is 0 Å². The Balaban J connectivity index is 1.59. The average molecular weight is 439 g/mol. The predicted molar refractivity (Wildman–Crippen MR) is 149 cm³/mol. The van der Waals surface area contributed by atoms with E-state index in [0.29, 0.717) is 0 Å². The molecule has 0 aromatic heterocycles. The highest BCUT2D eigenvalue weighted by molar-refractivity contribution is 6.62. The van der Waals surface area contributed by atoms with E-state index in [9.17, 15) is 0 Å². The maximum Gasteiger partial charge on any atom is 0.162 e. The first-order valence-corrected chi connectivity index (χ1v) is 14.3. The second-order valence-electron chi connectivity index (χ2n) is 11.1. The molecule has 2 fully saturated rings. The normalized spacial score (nSPS) is 20.4.